The largest absolute Gasteiger partial charge is 0.496 e. The van der Waals surface area contributed by atoms with Crippen molar-refractivity contribution in [2.24, 2.45) is 0 Å². The Morgan fingerprint density at radius 3 is 1.77 bits per heavy atom. The third kappa shape index (κ3) is 4.32. The predicted molar refractivity (Wildman–Crippen MR) is 101 cm³/mol. The summed E-state index contributed by atoms with van der Waals surface area (Å²) in [6, 6.07) is 8.30. The van der Waals surface area contributed by atoms with Crippen LogP contribution in [0, 0.1) is 6.92 Å². The van der Waals surface area contributed by atoms with Crippen molar-refractivity contribution < 1.29 is 9.53 Å². The molecule has 1 aromatic rings. The van der Waals surface area contributed by atoms with Gasteiger partial charge in [0.15, 0.2) is 0 Å². The molecule has 0 atom stereocenters. The number of hydrogen-bond donors (Lipinski definition) is 0. The maximum absolute atomic E-state index is 11.8. The van der Waals surface area contributed by atoms with E-state index in [2.05, 4.69) is 76.4 Å². The molecule has 0 saturated heterocycles. The lowest BCUT2D eigenvalue weighted by Crippen LogP contribution is -2.36. The van der Waals surface area contributed by atoms with Gasteiger partial charge in [-0.1, -0.05) is 69.1 Å². The smallest absolute Gasteiger partial charge is 0.125 e. The standard InChI is InChI=1S/C18H28O2Si2/c1-14-9-11-15(12-10-14)17(20-2)18(22(6,7)8)16(13-19)21(3,4)5/h9-12H,1-8H3/b18-17-. The number of hydrogen-bond acceptors (Lipinski definition) is 2. The number of rotatable bonds is 5. The van der Waals surface area contributed by atoms with Gasteiger partial charge in [0.25, 0.3) is 0 Å². The van der Waals surface area contributed by atoms with Crippen LogP contribution in [0.3, 0.4) is 0 Å². The molecule has 0 unspecified atom stereocenters. The van der Waals surface area contributed by atoms with Gasteiger partial charge < -0.3 is 4.74 Å². The third-order valence-electron chi connectivity index (χ3n) is 3.60. The van der Waals surface area contributed by atoms with Gasteiger partial charge in [-0.2, -0.15) is 0 Å². The van der Waals surface area contributed by atoms with E-state index < -0.39 is 16.1 Å². The van der Waals surface area contributed by atoms with Crippen LogP contribution in [-0.4, -0.2) is 29.2 Å². The lowest BCUT2D eigenvalue weighted by atomic mass is 10.1. The van der Waals surface area contributed by atoms with Crippen molar-refractivity contribution in [3.63, 3.8) is 0 Å². The number of methoxy groups -OCH3 is 1. The molecule has 0 aliphatic carbocycles. The number of ether oxygens (including phenoxy) is 1. The highest BCUT2D eigenvalue weighted by molar-refractivity contribution is 6.93. The Kier molecular flexibility index (Phi) is 5.79. The first kappa shape index (κ1) is 18.7. The third-order valence-corrected chi connectivity index (χ3v) is 7.68. The molecule has 2 nitrogen and oxygen atoms in total. The van der Waals surface area contributed by atoms with E-state index in [1.165, 1.54) is 5.56 Å². The molecule has 0 radical (unpaired) electrons. The SMILES string of the molecule is CO/C(=C(/C(=C=O)[Si](C)(C)C)[Si](C)(C)C)c1ccc(C)cc1. The Labute approximate surface area is 136 Å². The lowest BCUT2D eigenvalue weighted by molar-refractivity contribution is 0.369. The summed E-state index contributed by atoms with van der Waals surface area (Å²) in [5.74, 6) is 3.12. The summed E-state index contributed by atoms with van der Waals surface area (Å²) >= 11 is 0. The van der Waals surface area contributed by atoms with Crippen molar-refractivity contribution in [1.29, 1.82) is 0 Å². The van der Waals surface area contributed by atoms with E-state index in [1.54, 1.807) is 7.11 Å². The average molecular weight is 333 g/mol. The molecule has 0 spiro atoms. The summed E-state index contributed by atoms with van der Waals surface area (Å²) in [5, 5.41) is 1.98. The molecular weight excluding hydrogens is 304 g/mol. The van der Waals surface area contributed by atoms with E-state index in [9.17, 15) is 4.79 Å². The van der Waals surface area contributed by atoms with Crippen molar-refractivity contribution in [3.8, 4) is 0 Å². The fraction of sp³-hybridized carbons (Fsp3) is 0.444. The molecule has 0 aliphatic heterocycles. The molecule has 4 heteroatoms. The summed E-state index contributed by atoms with van der Waals surface area (Å²) in [7, 11) is -1.87. The molecule has 120 valence electrons. The van der Waals surface area contributed by atoms with Crippen LogP contribution in [0.1, 0.15) is 11.1 Å². The minimum atomic E-state index is -1.79. The Balaban J connectivity index is 3.73. The Morgan fingerprint density at radius 2 is 1.45 bits per heavy atom. The highest BCUT2D eigenvalue weighted by Gasteiger charge is 2.35. The molecule has 0 N–H and O–H groups in total. The molecule has 0 amide bonds. The molecule has 0 saturated carbocycles. The molecule has 0 aromatic heterocycles. The Morgan fingerprint density at radius 1 is 0.955 bits per heavy atom. The topological polar surface area (TPSA) is 26.3 Å². The second kappa shape index (κ2) is 6.82. The minimum absolute atomic E-state index is 0.847. The van der Waals surface area contributed by atoms with Gasteiger partial charge in [-0.3, -0.25) is 0 Å². The van der Waals surface area contributed by atoms with Gasteiger partial charge in [0.2, 0.25) is 0 Å². The van der Waals surface area contributed by atoms with Gasteiger partial charge in [-0.15, -0.1) is 0 Å². The number of allylic oxidation sites excluding steroid dienone is 2. The van der Waals surface area contributed by atoms with Crippen molar-refractivity contribution in [1.82, 2.24) is 0 Å². The second-order valence-corrected chi connectivity index (χ2v) is 17.8. The van der Waals surface area contributed by atoms with Crippen LogP contribution in [0.25, 0.3) is 5.76 Å². The number of aryl methyl sites for hydroxylation is 1. The highest BCUT2D eigenvalue weighted by atomic mass is 28.3. The van der Waals surface area contributed by atoms with Gasteiger partial charge in [-0.05, 0) is 12.1 Å². The normalized spacial score (nSPS) is 13.3. The van der Waals surface area contributed by atoms with Crippen molar-refractivity contribution >= 4 is 27.8 Å². The van der Waals surface area contributed by atoms with Crippen LogP contribution in [-0.2, 0) is 9.53 Å². The van der Waals surface area contributed by atoms with Crippen molar-refractivity contribution in [2.75, 3.05) is 7.11 Å². The summed E-state index contributed by atoms with van der Waals surface area (Å²) in [6.07, 6.45) is 0. The Bertz CT molecular complexity index is 608. The van der Waals surface area contributed by atoms with Gasteiger partial charge in [0.1, 0.15) is 11.7 Å². The van der Waals surface area contributed by atoms with Crippen molar-refractivity contribution in [2.45, 2.75) is 46.2 Å². The first-order valence-electron chi connectivity index (χ1n) is 7.64. The molecule has 1 rings (SSSR count). The van der Waals surface area contributed by atoms with E-state index in [4.69, 9.17) is 4.74 Å². The summed E-state index contributed by atoms with van der Waals surface area (Å²) in [4.78, 5) is 11.8. The zero-order valence-corrected chi connectivity index (χ0v) is 17.1. The molecule has 0 heterocycles. The van der Waals surface area contributed by atoms with E-state index >= 15 is 0 Å². The monoisotopic (exact) mass is 332 g/mol. The first-order valence-corrected chi connectivity index (χ1v) is 14.6. The zero-order chi connectivity index (χ0) is 17.1. The van der Waals surface area contributed by atoms with Gasteiger partial charge in [0.05, 0.1) is 23.3 Å². The first-order chi connectivity index (χ1) is 10.0. The van der Waals surface area contributed by atoms with Crippen LogP contribution in [0.2, 0.25) is 39.3 Å². The predicted octanol–water partition coefficient (Wildman–Crippen LogP) is 4.87. The second-order valence-electron chi connectivity index (χ2n) is 7.75. The van der Waals surface area contributed by atoms with E-state index in [0.717, 1.165) is 21.7 Å². The Hall–Kier alpha value is -1.36. The maximum atomic E-state index is 11.8. The lowest BCUT2D eigenvalue weighted by Gasteiger charge is -2.30. The molecule has 1 aromatic carbocycles. The summed E-state index contributed by atoms with van der Waals surface area (Å²) in [6.45, 7) is 15.4. The maximum Gasteiger partial charge on any atom is 0.125 e. The van der Waals surface area contributed by atoms with E-state index in [1.807, 2.05) is 0 Å². The van der Waals surface area contributed by atoms with Gasteiger partial charge in [-0.25, -0.2) is 4.79 Å². The zero-order valence-electron chi connectivity index (χ0n) is 15.1. The van der Waals surface area contributed by atoms with Crippen LogP contribution >= 0.6 is 0 Å². The van der Waals surface area contributed by atoms with Crippen LogP contribution in [0.4, 0.5) is 0 Å². The number of benzene rings is 1. The van der Waals surface area contributed by atoms with E-state index in [0.29, 0.717) is 0 Å². The fourth-order valence-corrected chi connectivity index (χ4v) is 7.63. The highest BCUT2D eigenvalue weighted by Crippen LogP contribution is 2.35. The molecule has 0 bridgehead atoms. The van der Waals surface area contributed by atoms with Crippen LogP contribution in [0.15, 0.2) is 34.7 Å². The molecule has 22 heavy (non-hydrogen) atoms. The summed E-state index contributed by atoms with van der Waals surface area (Å²) < 4.78 is 5.78. The van der Waals surface area contributed by atoms with Crippen LogP contribution < -0.4 is 0 Å². The van der Waals surface area contributed by atoms with Gasteiger partial charge in [0, 0.05) is 10.8 Å². The van der Waals surface area contributed by atoms with Crippen molar-refractivity contribution in [3.05, 3.63) is 45.8 Å². The fourth-order valence-electron chi connectivity index (χ4n) is 2.48. The van der Waals surface area contributed by atoms with Crippen LogP contribution in [0.5, 0.6) is 0 Å². The summed E-state index contributed by atoms with van der Waals surface area (Å²) in [5.41, 5.74) is 2.25. The van der Waals surface area contributed by atoms with E-state index in [-0.39, 0.29) is 0 Å². The van der Waals surface area contributed by atoms with Gasteiger partial charge >= 0.3 is 0 Å². The minimum Gasteiger partial charge on any atom is -0.496 e. The molecular formula is C18H28O2Si2. The molecule has 0 aliphatic rings. The molecule has 0 fully saturated rings. The quantitative estimate of drug-likeness (QED) is 0.333. The number of carbonyl (C=O) groups excluding carboxylic acids is 1. The average Bonchev–Trinajstić information content (AvgIpc) is 2.38.